The van der Waals surface area contributed by atoms with E-state index in [0.29, 0.717) is 56.7 Å². The predicted molar refractivity (Wildman–Crippen MR) is 389 cm³/mol. The summed E-state index contributed by atoms with van der Waals surface area (Å²) >= 11 is 0. The first-order valence-corrected chi connectivity index (χ1v) is 35.2. The quantitative estimate of drug-likeness (QED) is 0.00863. The molecule has 1 saturated heterocycles. The van der Waals surface area contributed by atoms with Crippen molar-refractivity contribution in [1.29, 1.82) is 0 Å². The van der Waals surface area contributed by atoms with E-state index >= 15 is 0 Å². The number of carbonyl (C=O) groups excluding carboxylic acids is 12. The Morgan fingerprint density at radius 3 is 1.86 bits per heavy atom. The Labute approximate surface area is 615 Å². The number of carbonyl (C=O) groups is 13. The van der Waals surface area contributed by atoms with Crippen LogP contribution in [0.5, 0.6) is 5.75 Å². The number of piperidine rings is 1. The number of rotatable bonds is 45. The van der Waals surface area contributed by atoms with Crippen LogP contribution in [0, 0.1) is 19.3 Å². The fourth-order valence-corrected chi connectivity index (χ4v) is 11.4. The van der Waals surface area contributed by atoms with Gasteiger partial charge in [-0.2, -0.15) is 5.10 Å². The van der Waals surface area contributed by atoms with Crippen LogP contribution in [0.2, 0.25) is 0 Å². The molecule has 3 aromatic rings. The zero-order valence-corrected chi connectivity index (χ0v) is 61.4. The van der Waals surface area contributed by atoms with Crippen molar-refractivity contribution in [2.24, 2.45) is 33.6 Å². The average Bonchev–Trinajstić information content (AvgIpc) is 0.834. The second kappa shape index (κ2) is 43.8. The van der Waals surface area contributed by atoms with Crippen LogP contribution >= 0.6 is 0 Å². The summed E-state index contributed by atoms with van der Waals surface area (Å²) in [5, 5.41) is 68.9. The summed E-state index contributed by atoms with van der Waals surface area (Å²) in [5.74, 6) is -7.37. The molecule has 584 valence electrons. The predicted octanol–water partition coefficient (Wildman–Crippen LogP) is -3.39. The molecule has 23 N–H and O–H groups in total. The lowest BCUT2D eigenvalue weighted by Gasteiger charge is -2.28. The molecule has 1 fully saturated rings. The molecule has 0 saturated carbocycles. The van der Waals surface area contributed by atoms with E-state index in [1.807, 2.05) is 62.7 Å². The summed E-state index contributed by atoms with van der Waals surface area (Å²) in [6.07, 6.45) is -0.259. The van der Waals surface area contributed by atoms with E-state index in [2.05, 4.69) is 58.3 Å². The molecular formula is C71H107N17O18. The maximum absolute atomic E-state index is 14.4. The number of aliphatic hydroxyl groups is 3. The van der Waals surface area contributed by atoms with Gasteiger partial charge in [0, 0.05) is 45.3 Å². The summed E-state index contributed by atoms with van der Waals surface area (Å²) < 4.78 is 5.94. The second-order valence-electron chi connectivity index (χ2n) is 26.9. The minimum atomic E-state index is -2.01. The highest BCUT2D eigenvalue weighted by molar-refractivity contribution is 6.00. The van der Waals surface area contributed by atoms with Gasteiger partial charge >= 0.3 is 5.97 Å². The summed E-state index contributed by atoms with van der Waals surface area (Å²) in [5.41, 5.74) is 24.1. The van der Waals surface area contributed by atoms with Gasteiger partial charge in [-0.3, -0.25) is 62.3 Å². The highest BCUT2D eigenvalue weighted by atomic mass is 16.5. The first-order valence-electron chi connectivity index (χ1n) is 35.2. The molecule has 0 aliphatic carbocycles. The van der Waals surface area contributed by atoms with E-state index in [1.165, 1.54) is 13.8 Å². The third-order valence-electron chi connectivity index (χ3n) is 17.3. The van der Waals surface area contributed by atoms with E-state index in [-0.39, 0.29) is 44.1 Å². The number of aliphatic hydroxyl groups excluding tert-OH is 3. The van der Waals surface area contributed by atoms with Crippen molar-refractivity contribution in [3.8, 4) is 16.9 Å². The molecule has 12 amide bonds. The molecule has 3 aromatic carbocycles. The number of nitrogens with one attached hydrogen (secondary N) is 11. The Hall–Kier alpha value is -10.4. The Balaban J connectivity index is 1.44. The summed E-state index contributed by atoms with van der Waals surface area (Å²) in [4.78, 5) is 176. The highest BCUT2D eigenvalue weighted by Crippen LogP contribution is 2.29. The number of carboxylic acids is 1. The number of carboxylic acid groups (broad SMARTS) is 1. The van der Waals surface area contributed by atoms with Crippen LogP contribution in [-0.4, -0.2) is 214 Å². The average molecular weight is 1490 g/mol. The third kappa shape index (κ3) is 29.6. The van der Waals surface area contributed by atoms with Gasteiger partial charge in [0.2, 0.25) is 70.9 Å². The number of likely N-dealkylation sites (tertiary alicyclic amines) is 1. The number of nitrogens with two attached hydrogens (primary N) is 4. The molecule has 1 aliphatic rings. The smallest absolute Gasteiger partial charge is 0.305 e. The van der Waals surface area contributed by atoms with Crippen molar-refractivity contribution in [2.45, 2.75) is 199 Å². The molecule has 0 unspecified atom stereocenters. The van der Waals surface area contributed by atoms with E-state index in [4.69, 9.17) is 27.8 Å². The number of hydrazone groups is 1. The van der Waals surface area contributed by atoms with Gasteiger partial charge in [0.15, 0.2) is 0 Å². The Morgan fingerprint density at radius 1 is 0.651 bits per heavy atom. The zero-order chi connectivity index (χ0) is 79.0. The van der Waals surface area contributed by atoms with Crippen LogP contribution in [-0.2, 0) is 81.6 Å². The van der Waals surface area contributed by atoms with Crippen molar-refractivity contribution in [1.82, 2.24) is 63.6 Å². The van der Waals surface area contributed by atoms with Gasteiger partial charge < -0.3 is 100 Å². The molecule has 106 heavy (non-hydrogen) atoms. The maximum atomic E-state index is 14.4. The van der Waals surface area contributed by atoms with Crippen LogP contribution in [0.25, 0.3) is 11.1 Å². The van der Waals surface area contributed by atoms with Gasteiger partial charge in [0.1, 0.15) is 59.9 Å². The lowest BCUT2D eigenvalue weighted by Crippen LogP contribution is -2.62. The summed E-state index contributed by atoms with van der Waals surface area (Å²) in [6.45, 7) is 12.0. The van der Waals surface area contributed by atoms with Gasteiger partial charge in [-0.1, -0.05) is 80.4 Å². The van der Waals surface area contributed by atoms with E-state index in [1.54, 1.807) is 29.2 Å². The molecule has 0 radical (unpaired) electrons. The summed E-state index contributed by atoms with van der Waals surface area (Å²) in [7, 11) is 0. The van der Waals surface area contributed by atoms with Crippen molar-refractivity contribution < 1.29 is 87.5 Å². The Bertz CT molecular complexity index is 3550. The monoisotopic (exact) mass is 1490 g/mol. The number of benzene rings is 3. The number of aliphatic carboxylic acids is 1. The number of hydrogen-bond donors (Lipinski definition) is 19. The van der Waals surface area contributed by atoms with Gasteiger partial charge in [-0.15, -0.1) is 0 Å². The van der Waals surface area contributed by atoms with Crippen LogP contribution < -0.4 is 86.5 Å². The topological polar surface area (TPSA) is 564 Å². The number of amides is 12. The fraction of sp³-hybridized carbons (Fsp3) is 0.549. The van der Waals surface area contributed by atoms with E-state index in [0.717, 1.165) is 79.8 Å². The number of unbranched alkanes of at least 4 members (excludes halogenated alkanes) is 1. The maximum Gasteiger partial charge on any atom is 0.305 e. The lowest BCUT2D eigenvalue weighted by molar-refractivity contribution is -0.142. The van der Waals surface area contributed by atoms with Crippen LogP contribution in [0.1, 0.15) is 134 Å². The molecule has 1 aliphatic heterocycles. The van der Waals surface area contributed by atoms with Crippen molar-refractivity contribution in [3.63, 3.8) is 0 Å². The van der Waals surface area contributed by atoms with Crippen LogP contribution in [0.15, 0.2) is 65.8 Å². The largest absolute Gasteiger partial charge is 0.494 e. The van der Waals surface area contributed by atoms with Gasteiger partial charge in [-0.25, -0.2) is 11.4 Å². The number of hydrogen-bond acceptors (Lipinski definition) is 21. The molecule has 0 aromatic heterocycles. The number of nitrogens with zero attached hydrogens (tertiary/aromatic N) is 2. The molecule has 35 heteroatoms. The van der Waals surface area contributed by atoms with E-state index in [9.17, 15) is 82.8 Å². The third-order valence-corrected chi connectivity index (χ3v) is 17.3. The van der Waals surface area contributed by atoms with Gasteiger partial charge in [0.25, 0.3) is 0 Å². The normalized spacial score (nSPS) is 15.2. The number of primary amides is 1. The number of amidine groups is 1. The second-order valence-corrected chi connectivity index (χ2v) is 26.9. The summed E-state index contributed by atoms with van der Waals surface area (Å²) in [6, 6.07) is 5.02. The first kappa shape index (κ1) is 88.0. The minimum absolute atomic E-state index is 0.0204. The number of ether oxygens (including phenoxy) is 1. The Morgan fingerprint density at radius 2 is 1.25 bits per heavy atom. The molecule has 1 heterocycles. The van der Waals surface area contributed by atoms with Gasteiger partial charge in [-0.05, 0) is 132 Å². The fourth-order valence-electron chi connectivity index (χ4n) is 11.4. The van der Waals surface area contributed by atoms with Gasteiger partial charge in [0.05, 0.1) is 43.8 Å². The van der Waals surface area contributed by atoms with Crippen LogP contribution in [0.3, 0.4) is 0 Å². The first-order chi connectivity index (χ1) is 50.1. The zero-order valence-electron chi connectivity index (χ0n) is 61.4. The molecule has 0 bridgehead atoms. The van der Waals surface area contributed by atoms with Crippen molar-refractivity contribution >= 4 is 82.7 Å². The van der Waals surface area contributed by atoms with Crippen molar-refractivity contribution in [2.75, 3.05) is 45.9 Å². The SMILES string of the molecule is CCc1cc(OCCCCN)ccc1-c1ccc(C[C@H](NC(=O)[C@H](CC(=O)O)NC(=O)[C@H](CO)NC(=O)[C@@H](NC(=O)[C@@H](C)NC(=O)[C@@H](NC(=O)CNC(=O)[C@H](C/C(N)=N/NN)NC(=O)C(C)(C)CC(=O)NCCN2CCCCC2=O)[C@@H](C)O)[C@@H](C)O)C(=O)N[C@@H](CCCc2cc(C)cc(C)c2)C(N)=O)cc1. The van der Waals surface area contributed by atoms with Crippen molar-refractivity contribution in [3.05, 3.63) is 88.5 Å². The number of hydrazine groups is 1. The molecular weight excluding hydrogens is 1380 g/mol. The highest BCUT2D eigenvalue weighted by Gasteiger charge is 2.38. The molecule has 4 rings (SSSR count). The molecule has 35 nitrogen and oxygen atoms in total. The molecule has 10 atom stereocenters. The molecule has 0 spiro atoms. The van der Waals surface area contributed by atoms with E-state index < -0.39 is 163 Å². The minimum Gasteiger partial charge on any atom is -0.494 e. The van der Waals surface area contributed by atoms with Crippen LogP contribution in [0.4, 0.5) is 0 Å². The number of aryl methyl sites for hydroxylation is 4. The Kier molecular flexibility index (Phi) is 36.4. The lowest BCUT2D eigenvalue weighted by atomic mass is 9.87. The standard InChI is InChI=1S/C71H107N17O18/c1-9-46-33-48(106-28-13-11-24-72)22-23-49(46)47-20-18-44(19-21-47)32-51(65(100)79-50(62(74)97)16-14-15-45-30-39(2)29-40(3)31-45)80-66(101)53(35-59(95)96)81-67(102)54(38-89)82-69(104)61(43(6)91)85-63(98)41(4)78-68(103)60(42(5)90)84-57(93)37-77-64(99)52(34-55(73)86-87-75)83-70(105)71(7,8)36-56(92)76-25-27-88-26-12-10-17-58(88)94/h18-23,29-31,33,41-43,50-54,60-61,87,89-91H,9-17,24-28,32,34-38,72,75H2,1-8H3,(H2,73,86)(H2,74,97)(H,76,92)(H,77,99)(H,78,103)(H,79,100)(H,80,101)(H,81,102)(H,82,104)(H,83,105)(H,84,93)(H,85,98)(H,95,96)/t41-,42-,43-,50+,51+,52+,53+,54+,60+,61+/m1/s1.